The van der Waals surface area contributed by atoms with Gasteiger partial charge in [0.2, 0.25) is 0 Å². The van der Waals surface area contributed by atoms with Crippen molar-refractivity contribution in [1.29, 1.82) is 0 Å². The van der Waals surface area contributed by atoms with Crippen LogP contribution in [0.2, 0.25) is 0 Å². The molecule has 2 N–H and O–H groups in total. The second kappa shape index (κ2) is 8.24. The van der Waals surface area contributed by atoms with Gasteiger partial charge in [-0.1, -0.05) is 17.8 Å². The van der Waals surface area contributed by atoms with E-state index in [-0.39, 0.29) is 12.2 Å². The van der Waals surface area contributed by atoms with Gasteiger partial charge in [-0.25, -0.2) is 4.98 Å². The van der Waals surface area contributed by atoms with Crippen LogP contribution in [0.15, 0.2) is 34.2 Å². The number of nitrogens with one attached hydrogen (secondary N) is 1. The molecule has 148 valence electrons. The quantitative estimate of drug-likeness (QED) is 0.469. The van der Waals surface area contributed by atoms with Crippen molar-refractivity contribution in [1.82, 2.24) is 9.55 Å². The molecule has 3 heterocycles. The lowest BCUT2D eigenvalue weighted by atomic mass is 10.1. The Balaban J connectivity index is 1.94. The van der Waals surface area contributed by atoms with Crippen LogP contribution in [0.3, 0.4) is 0 Å². The molecule has 0 aliphatic carbocycles. The minimum Gasteiger partial charge on any atom is -0.497 e. The average Bonchev–Trinajstić information content (AvgIpc) is 3.09. The molecule has 0 fully saturated rings. The normalized spacial score (nSPS) is 16.3. The summed E-state index contributed by atoms with van der Waals surface area (Å²) < 4.78 is 7.01. The van der Waals surface area contributed by atoms with Crippen molar-refractivity contribution in [3.8, 4) is 11.4 Å². The van der Waals surface area contributed by atoms with Gasteiger partial charge in [0.1, 0.15) is 17.1 Å². The van der Waals surface area contributed by atoms with Crippen LogP contribution in [0.5, 0.6) is 5.75 Å². The summed E-state index contributed by atoms with van der Waals surface area (Å²) in [5, 5.41) is 10.7. The van der Waals surface area contributed by atoms with E-state index >= 15 is 0 Å². The zero-order valence-corrected chi connectivity index (χ0v) is 17.7. The van der Waals surface area contributed by atoms with Crippen LogP contribution < -0.4 is 15.2 Å². The molecule has 1 aliphatic heterocycles. The fourth-order valence-electron chi connectivity index (χ4n) is 3.67. The Bertz CT molecular complexity index is 1060. The molecular weight excluding hydrogens is 394 g/mol. The molecule has 28 heavy (non-hydrogen) atoms. The van der Waals surface area contributed by atoms with Crippen molar-refractivity contribution in [3.63, 3.8) is 0 Å². The van der Waals surface area contributed by atoms with E-state index in [1.54, 1.807) is 27.9 Å². The summed E-state index contributed by atoms with van der Waals surface area (Å²) >= 11 is 3.04. The van der Waals surface area contributed by atoms with Gasteiger partial charge < -0.3 is 14.7 Å². The fourth-order valence-corrected chi connectivity index (χ4v) is 5.76. The van der Waals surface area contributed by atoms with Gasteiger partial charge in [0, 0.05) is 18.2 Å². The zero-order valence-electron chi connectivity index (χ0n) is 16.0. The number of nitrogens with zero attached hydrogens (tertiary/aromatic N) is 2. The monoisotopic (exact) mass is 418 g/mol. The number of methoxy groups -OCH3 is 1. The maximum atomic E-state index is 13.6. The van der Waals surface area contributed by atoms with Crippen molar-refractivity contribution in [2.75, 3.05) is 32.6 Å². The molecule has 0 radical (unpaired) electrons. The van der Waals surface area contributed by atoms with Crippen molar-refractivity contribution < 1.29 is 14.7 Å². The molecular formula is C20H24N3O3S2+. The third-order valence-corrected chi connectivity index (χ3v) is 7.20. The molecule has 0 saturated heterocycles. The van der Waals surface area contributed by atoms with E-state index in [9.17, 15) is 9.90 Å². The molecule has 6 nitrogen and oxygen atoms in total. The molecule has 0 spiro atoms. The first-order valence-corrected chi connectivity index (χ1v) is 11.3. The van der Waals surface area contributed by atoms with Crippen molar-refractivity contribution >= 4 is 33.3 Å². The SMILES string of the molecule is CC[NH+]1CCc2c(sc3nc(SCCO)n(-c4cccc(OC)c4)c(=O)c23)C1. The number of rotatable bonds is 6. The summed E-state index contributed by atoms with van der Waals surface area (Å²) in [4.78, 5) is 22.1. The fraction of sp³-hybridized carbons (Fsp3) is 0.400. The number of thioether (sulfide) groups is 1. The lowest BCUT2D eigenvalue weighted by Gasteiger charge is -2.22. The maximum Gasteiger partial charge on any atom is 0.267 e. The van der Waals surface area contributed by atoms with Gasteiger partial charge in [0.05, 0.1) is 42.8 Å². The predicted octanol–water partition coefficient (Wildman–Crippen LogP) is 1.50. The number of aliphatic hydroxyl groups is 1. The summed E-state index contributed by atoms with van der Waals surface area (Å²) in [5.74, 6) is 1.18. The molecule has 1 aromatic carbocycles. The Hall–Kier alpha value is -1.87. The number of thiophene rings is 1. The number of aromatic nitrogens is 2. The van der Waals surface area contributed by atoms with Crippen LogP contribution in [0, 0.1) is 0 Å². The highest BCUT2D eigenvalue weighted by molar-refractivity contribution is 7.99. The highest BCUT2D eigenvalue weighted by Gasteiger charge is 2.27. The third kappa shape index (κ3) is 3.45. The van der Waals surface area contributed by atoms with Crippen LogP contribution >= 0.6 is 23.1 Å². The first-order chi connectivity index (χ1) is 13.7. The smallest absolute Gasteiger partial charge is 0.267 e. The highest BCUT2D eigenvalue weighted by atomic mass is 32.2. The summed E-state index contributed by atoms with van der Waals surface area (Å²) in [6.45, 7) is 5.34. The number of aliphatic hydroxyl groups excluding tert-OH is 1. The molecule has 0 bridgehead atoms. The van der Waals surface area contributed by atoms with E-state index in [2.05, 4.69) is 6.92 Å². The van der Waals surface area contributed by atoms with Crippen LogP contribution in [0.4, 0.5) is 0 Å². The highest BCUT2D eigenvalue weighted by Crippen LogP contribution is 2.32. The number of hydrogen-bond acceptors (Lipinski definition) is 6. The Kier molecular flexibility index (Phi) is 5.73. The van der Waals surface area contributed by atoms with Gasteiger partial charge in [-0.2, -0.15) is 0 Å². The molecule has 1 unspecified atom stereocenters. The van der Waals surface area contributed by atoms with Crippen molar-refractivity contribution in [3.05, 3.63) is 45.1 Å². The Morgan fingerprint density at radius 1 is 1.43 bits per heavy atom. The van der Waals surface area contributed by atoms with Gasteiger partial charge in [0.15, 0.2) is 5.16 Å². The first-order valence-electron chi connectivity index (χ1n) is 9.45. The van der Waals surface area contributed by atoms with Gasteiger partial charge in [-0.05, 0) is 24.6 Å². The lowest BCUT2D eigenvalue weighted by Crippen LogP contribution is -3.11. The van der Waals surface area contributed by atoms with E-state index in [0.717, 1.165) is 42.0 Å². The van der Waals surface area contributed by atoms with E-state index in [0.29, 0.717) is 16.7 Å². The van der Waals surface area contributed by atoms with E-state index in [4.69, 9.17) is 9.72 Å². The molecule has 2 aromatic heterocycles. The standard InChI is InChI=1S/C20H23N3O3S2/c1-3-22-8-7-15-16(12-22)28-18-17(15)19(25)23(20(21-18)27-10-9-24)13-5-4-6-14(11-13)26-2/h4-6,11,24H,3,7-10,12H2,1-2H3/p+1. The van der Waals surface area contributed by atoms with Crippen LogP contribution in [0.1, 0.15) is 17.4 Å². The summed E-state index contributed by atoms with van der Waals surface area (Å²) in [7, 11) is 1.61. The molecule has 0 saturated carbocycles. The second-order valence-electron chi connectivity index (χ2n) is 6.77. The van der Waals surface area contributed by atoms with Crippen molar-refractivity contribution in [2.24, 2.45) is 0 Å². The van der Waals surface area contributed by atoms with Gasteiger partial charge in [-0.3, -0.25) is 9.36 Å². The Labute approximate surface area is 171 Å². The van der Waals surface area contributed by atoms with E-state index in [1.165, 1.54) is 22.2 Å². The number of likely N-dealkylation sites (N-methyl/N-ethyl adjacent to an activating group) is 1. The Morgan fingerprint density at radius 2 is 2.29 bits per heavy atom. The van der Waals surface area contributed by atoms with Gasteiger partial charge in [0.25, 0.3) is 5.56 Å². The molecule has 1 aliphatic rings. The lowest BCUT2D eigenvalue weighted by molar-refractivity contribution is -0.913. The largest absolute Gasteiger partial charge is 0.497 e. The molecule has 4 rings (SSSR count). The number of fused-ring (bicyclic) bond motifs is 3. The minimum atomic E-state index is -0.0314. The summed E-state index contributed by atoms with van der Waals surface area (Å²) in [6, 6.07) is 7.47. The van der Waals surface area contributed by atoms with Crippen LogP contribution in [-0.2, 0) is 13.0 Å². The van der Waals surface area contributed by atoms with E-state index in [1.807, 2.05) is 24.3 Å². The third-order valence-electron chi connectivity index (χ3n) is 5.15. The second-order valence-corrected chi connectivity index (χ2v) is 8.92. The number of quaternary nitrogens is 1. The topological polar surface area (TPSA) is 68.8 Å². The molecule has 8 heteroatoms. The summed E-state index contributed by atoms with van der Waals surface area (Å²) in [5.41, 5.74) is 1.87. The summed E-state index contributed by atoms with van der Waals surface area (Å²) in [6.07, 6.45) is 0.913. The minimum absolute atomic E-state index is 0.0314. The number of ether oxygens (including phenoxy) is 1. The van der Waals surface area contributed by atoms with Crippen LogP contribution in [0.25, 0.3) is 15.9 Å². The first kappa shape index (κ1) is 19.4. The Morgan fingerprint density at radius 3 is 3.04 bits per heavy atom. The number of benzene rings is 1. The maximum absolute atomic E-state index is 13.6. The zero-order chi connectivity index (χ0) is 19.7. The number of hydrogen-bond donors (Lipinski definition) is 2. The molecule has 3 aromatic rings. The van der Waals surface area contributed by atoms with Crippen molar-refractivity contribution in [2.45, 2.75) is 25.0 Å². The van der Waals surface area contributed by atoms with Gasteiger partial charge in [-0.15, -0.1) is 11.3 Å². The van der Waals surface area contributed by atoms with Gasteiger partial charge >= 0.3 is 0 Å². The predicted molar refractivity (Wildman–Crippen MR) is 113 cm³/mol. The molecule has 1 atom stereocenters. The van der Waals surface area contributed by atoms with E-state index < -0.39 is 0 Å². The average molecular weight is 419 g/mol. The molecule has 0 amide bonds. The van der Waals surface area contributed by atoms with Crippen LogP contribution in [-0.4, -0.2) is 47.2 Å².